The molecular weight excluding hydrogens is 216 g/mol. The maximum Gasteiger partial charge on any atom is 0.146 e. The molecule has 0 atom stereocenters. The molecule has 90 valence electrons. The van der Waals surface area contributed by atoms with Crippen molar-refractivity contribution in [3.8, 4) is 5.75 Å². The number of rotatable bonds is 5. The van der Waals surface area contributed by atoms with Gasteiger partial charge in [0.2, 0.25) is 0 Å². The van der Waals surface area contributed by atoms with E-state index in [2.05, 4.69) is 15.4 Å². The molecule has 0 aliphatic carbocycles. The van der Waals surface area contributed by atoms with Crippen LogP contribution < -0.4 is 10.1 Å². The van der Waals surface area contributed by atoms with Crippen LogP contribution in [0.1, 0.15) is 12.7 Å². The van der Waals surface area contributed by atoms with Crippen LogP contribution in [0.4, 0.5) is 5.69 Å². The second-order valence-electron chi connectivity index (χ2n) is 3.57. The number of methoxy groups -OCH3 is 1. The van der Waals surface area contributed by atoms with Crippen LogP contribution in [0.25, 0.3) is 0 Å². The first kappa shape index (κ1) is 11.4. The molecule has 0 amide bonds. The average Bonchev–Trinajstić information content (AvgIpc) is 2.84. The van der Waals surface area contributed by atoms with E-state index in [-0.39, 0.29) is 0 Å². The molecule has 0 fully saturated rings. The van der Waals surface area contributed by atoms with E-state index in [4.69, 9.17) is 4.74 Å². The van der Waals surface area contributed by atoms with Gasteiger partial charge in [-0.1, -0.05) is 0 Å². The highest BCUT2D eigenvalue weighted by Gasteiger charge is 2.01. The van der Waals surface area contributed by atoms with Crippen LogP contribution >= 0.6 is 0 Å². The third-order valence-corrected chi connectivity index (χ3v) is 2.54. The lowest BCUT2D eigenvalue weighted by molar-refractivity contribution is 0.415. The summed E-state index contributed by atoms with van der Waals surface area (Å²) in [4.78, 5) is 4.20. The Balaban J connectivity index is 1.97. The summed E-state index contributed by atoms with van der Waals surface area (Å²) in [6.45, 7) is 3.55. The van der Waals surface area contributed by atoms with E-state index in [1.165, 1.54) is 0 Å². The molecule has 17 heavy (non-hydrogen) atoms. The largest absolute Gasteiger partial charge is 0.497 e. The predicted molar refractivity (Wildman–Crippen MR) is 66.0 cm³/mol. The van der Waals surface area contributed by atoms with Crippen LogP contribution in [0.3, 0.4) is 0 Å². The second-order valence-corrected chi connectivity index (χ2v) is 3.57. The van der Waals surface area contributed by atoms with Crippen LogP contribution in [-0.2, 0) is 13.1 Å². The number of benzene rings is 1. The number of nitrogens with one attached hydrogen (secondary N) is 1. The van der Waals surface area contributed by atoms with Crippen molar-refractivity contribution in [1.82, 2.24) is 14.8 Å². The van der Waals surface area contributed by atoms with Crippen LogP contribution in [0.5, 0.6) is 5.75 Å². The molecule has 5 nitrogen and oxygen atoms in total. The predicted octanol–water partition coefficient (Wildman–Crippen LogP) is 1.92. The molecule has 0 aliphatic heterocycles. The molecule has 1 heterocycles. The summed E-state index contributed by atoms with van der Waals surface area (Å²) in [5, 5.41) is 7.41. The lowest BCUT2D eigenvalue weighted by Gasteiger charge is -2.07. The molecule has 5 heteroatoms. The Morgan fingerprint density at radius 1 is 1.29 bits per heavy atom. The molecule has 0 radical (unpaired) electrons. The summed E-state index contributed by atoms with van der Waals surface area (Å²) in [7, 11) is 1.66. The van der Waals surface area contributed by atoms with E-state index in [0.717, 1.165) is 23.8 Å². The number of hydrogen-bond donors (Lipinski definition) is 1. The molecule has 0 unspecified atom stereocenters. The molecule has 1 aromatic carbocycles. The van der Waals surface area contributed by atoms with Crippen molar-refractivity contribution in [2.45, 2.75) is 20.0 Å². The Hall–Kier alpha value is -2.04. The highest BCUT2D eigenvalue weighted by Crippen LogP contribution is 2.15. The van der Waals surface area contributed by atoms with E-state index in [1.807, 2.05) is 35.9 Å². The van der Waals surface area contributed by atoms with Gasteiger partial charge in [-0.15, -0.1) is 0 Å². The maximum atomic E-state index is 5.10. The fourth-order valence-corrected chi connectivity index (χ4v) is 1.58. The Morgan fingerprint density at radius 3 is 2.71 bits per heavy atom. The molecular formula is C12H16N4O. The van der Waals surface area contributed by atoms with E-state index in [1.54, 1.807) is 13.4 Å². The van der Waals surface area contributed by atoms with Crippen LogP contribution in [0.15, 0.2) is 30.6 Å². The maximum absolute atomic E-state index is 5.10. The summed E-state index contributed by atoms with van der Waals surface area (Å²) >= 11 is 0. The lowest BCUT2D eigenvalue weighted by atomic mass is 10.3. The van der Waals surface area contributed by atoms with Gasteiger partial charge in [-0.2, -0.15) is 5.10 Å². The van der Waals surface area contributed by atoms with Crippen molar-refractivity contribution >= 4 is 5.69 Å². The van der Waals surface area contributed by atoms with Gasteiger partial charge in [-0.3, -0.25) is 0 Å². The monoisotopic (exact) mass is 232 g/mol. The van der Waals surface area contributed by atoms with Gasteiger partial charge < -0.3 is 10.1 Å². The highest BCUT2D eigenvalue weighted by molar-refractivity contribution is 5.46. The van der Waals surface area contributed by atoms with E-state index in [9.17, 15) is 0 Å². The minimum Gasteiger partial charge on any atom is -0.497 e. The van der Waals surface area contributed by atoms with Crippen molar-refractivity contribution < 1.29 is 4.74 Å². The first-order valence-electron chi connectivity index (χ1n) is 5.58. The Labute approximate surface area is 100 Å². The van der Waals surface area contributed by atoms with Crippen LogP contribution in [0, 0.1) is 0 Å². The molecule has 0 bridgehead atoms. The smallest absolute Gasteiger partial charge is 0.146 e. The third-order valence-electron chi connectivity index (χ3n) is 2.54. The van der Waals surface area contributed by atoms with E-state index < -0.39 is 0 Å². The minimum absolute atomic E-state index is 0.667. The number of anilines is 1. The number of nitrogens with zero attached hydrogens (tertiary/aromatic N) is 3. The van der Waals surface area contributed by atoms with Crippen LogP contribution in [0.2, 0.25) is 0 Å². The van der Waals surface area contributed by atoms with Crippen molar-refractivity contribution in [2.75, 3.05) is 12.4 Å². The standard InChI is InChI=1S/C12H16N4O/c1-3-16-12(14-9-15-16)8-13-10-4-6-11(17-2)7-5-10/h4-7,9,13H,3,8H2,1-2H3. The van der Waals surface area contributed by atoms with Gasteiger partial charge in [0.05, 0.1) is 13.7 Å². The summed E-state index contributed by atoms with van der Waals surface area (Å²) in [6, 6.07) is 7.80. The molecule has 1 aromatic heterocycles. The molecule has 2 rings (SSSR count). The van der Waals surface area contributed by atoms with Crippen LogP contribution in [-0.4, -0.2) is 21.9 Å². The SMILES string of the molecule is CCn1ncnc1CNc1ccc(OC)cc1. The Bertz CT molecular complexity index is 464. The highest BCUT2D eigenvalue weighted by atomic mass is 16.5. The van der Waals surface area contributed by atoms with Gasteiger partial charge in [0.1, 0.15) is 17.9 Å². The van der Waals surface area contributed by atoms with E-state index >= 15 is 0 Å². The Morgan fingerprint density at radius 2 is 2.06 bits per heavy atom. The first-order valence-corrected chi connectivity index (χ1v) is 5.58. The molecule has 0 spiro atoms. The third kappa shape index (κ3) is 2.75. The zero-order valence-electron chi connectivity index (χ0n) is 10.1. The number of hydrogen-bond acceptors (Lipinski definition) is 4. The van der Waals surface area contributed by atoms with Gasteiger partial charge >= 0.3 is 0 Å². The van der Waals surface area contributed by atoms with Gasteiger partial charge in [0.15, 0.2) is 0 Å². The normalized spacial score (nSPS) is 10.2. The van der Waals surface area contributed by atoms with Gasteiger partial charge in [0, 0.05) is 12.2 Å². The first-order chi connectivity index (χ1) is 8.33. The van der Waals surface area contributed by atoms with Crippen molar-refractivity contribution in [3.63, 3.8) is 0 Å². The minimum atomic E-state index is 0.667. The van der Waals surface area contributed by atoms with Gasteiger partial charge in [-0.25, -0.2) is 9.67 Å². The van der Waals surface area contributed by atoms with E-state index in [0.29, 0.717) is 6.54 Å². The molecule has 0 saturated carbocycles. The molecule has 1 N–H and O–H groups in total. The topological polar surface area (TPSA) is 52.0 Å². The average molecular weight is 232 g/mol. The molecule has 0 saturated heterocycles. The lowest BCUT2D eigenvalue weighted by Crippen LogP contribution is -2.08. The quantitative estimate of drug-likeness (QED) is 0.855. The number of aryl methyl sites for hydroxylation is 1. The van der Waals surface area contributed by atoms with Gasteiger partial charge in [-0.05, 0) is 31.2 Å². The summed E-state index contributed by atoms with van der Waals surface area (Å²) < 4.78 is 6.97. The zero-order chi connectivity index (χ0) is 12.1. The zero-order valence-corrected chi connectivity index (χ0v) is 10.1. The van der Waals surface area contributed by atoms with Crippen molar-refractivity contribution in [2.24, 2.45) is 0 Å². The molecule has 0 aliphatic rings. The summed E-state index contributed by atoms with van der Waals surface area (Å²) in [5.41, 5.74) is 1.04. The fourth-order valence-electron chi connectivity index (χ4n) is 1.58. The number of ether oxygens (including phenoxy) is 1. The van der Waals surface area contributed by atoms with Gasteiger partial charge in [0.25, 0.3) is 0 Å². The second kappa shape index (κ2) is 5.34. The summed E-state index contributed by atoms with van der Waals surface area (Å²) in [5.74, 6) is 1.79. The fraction of sp³-hybridized carbons (Fsp3) is 0.333. The summed E-state index contributed by atoms with van der Waals surface area (Å²) in [6.07, 6.45) is 1.58. The molecule has 2 aromatic rings. The van der Waals surface area contributed by atoms with Crippen molar-refractivity contribution in [1.29, 1.82) is 0 Å². The number of aromatic nitrogens is 3. The Kier molecular flexibility index (Phi) is 3.59. The van der Waals surface area contributed by atoms with Crippen molar-refractivity contribution in [3.05, 3.63) is 36.4 Å².